The highest BCUT2D eigenvalue weighted by molar-refractivity contribution is 7.90. The molecule has 0 spiro atoms. The fourth-order valence-corrected chi connectivity index (χ4v) is 4.70. The third kappa shape index (κ3) is 4.53. The first-order chi connectivity index (χ1) is 14.2. The minimum Gasteiger partial charge on any atom is -0.354 e. The summed E-state index contributed by atoms with van der Waals surface area (Å²) in [5.74, 6) is -0.625. The zero-order valence-electron chi connectivity index (χ0n) is 17.1. The molecule has 1 aromatic carbocycles. The van der Waals surface area contributed by atoms with Crippen molar-refractivity contribution in [2.75, 3.05) is 13.1 Å². The molecule has 0 saturated carbocycles. The van der Waals surface area contributed by atoms with E-state index in [1.54, 1.807) is 18.2 Å². The molecule has 0 radical (unpaired) electrons. The van der Waals surface area contributed by atoms with Crippen LogP contribution in [0.2, 0.25) is 0 Å². The van der Waals surface area contributed by atoms with Crippen molar-refractivity contribution in [3.63, 3.8) is 0 Å². The van der Waals surface area contributed by atoms with Crippen LogP contribution in [0.15, 0.2) is 34.2 Å². The van der Waals surface area contributed by atoms with Crippen LogP contribution in [0.1, 0.15) is 45.1 Å². The van der Waals surface area contributed by atoms with Gasteiger partial charge in [0.2, 0.25) is 17.7 Å². The second-order valence-electron chi connectivity index (χ2n) is 7.49. The second kappa shape index (κ2) is 8.95. The van der Waals surface area contributed by atoms with Crippen LogP contribution >= 0.6 is 0 Å². The van der Waals surface area contributed by atoms with Gasteiger partial charge in [0.1, 0.15) is 11.9 Å². The van der Waals surface area contributed by atoms with E-state index in [9.17, 15) is 22.8 Å². The van der Waals surface area contributed by atoms with Gasteiger partial charge in [-0.1, -0.05) is 32.4 Å². The van der Waals surface area contributed by atoms with Crippen LogP contribution < -0.4 is 10.0 Å². The Balaban J connectivity index is 1.68. The number of hydrogen-bond acceptors (Lipinski definition) is 6. The van der Waals surface area contributed by atoms with Gasteiger partial charge in [0.05, 0.1) is 4.90 Å². The minimum atomic E-state index is -3.68. The fourth-order valence-electron chi connectivity index (χ4n) is 3.46. The lowest BCUT2D eigenvalue weighted by molar-refractivity contribution is -0.138. The topological polar surface area (TPSA) is 125 Å². The zero-order valence-corrected chi connectivity index (χ0v) is 17.9. The van der Waals surface area contributed by atoms with Crippen molar-refractivity contribution in [2.24, 2.45) is 10.9 Å². The smallest absolute Gasteiger partial charge is 0.263 e. The molecular formula is C20H26N4O5S. The minimum absolute atomic E-state index is 0.114. The molecule has 9 nitrogen and oxygen atoms in total. The van der Waals surface area contributed by atoms with Gasteiger partial charge in [-0.15, -0.1) is 0 Å². The molecule has 0 aromatic heterocycles. The van der Waals surface area contributed by atoms with Gasteiger partial charge in [0, 0.05) is 31.5 Å². The number of likely N-dealkylation sites (tertiary alicyclic amines) is 1. The van der Waals surface area contributed by atoms with Gasteiger partial charge in [-0.2, -0.15) is 0 Å². The van der Waals surface area contributed by atoms with E-state index in [0.717, 1.165) is 0 Å². The van der Waals surface area contributed by atoms with Crippen LogP contribution in [0, 0.1) is 5.92 Å². The van der Waals surface area contributed by atoms with E-state index in [2.05, 4.69) is 15.0 Å². The molecule has 2 atom stereocenters. The molecule has 3 amide bonds. The highest BCUT2D eigenvalue weighted by Crippen LogP contribution is 2.24. The lowest BCUT2D eigenvalue weighted by Gasteiger charge is -2.20. The zero-order chi connectivity index (χ0) is 21.9. The first-order valence-corrected chi connectivity index (χ1v) is 11.5. The molecule has 0 unspecified atom stereocenters. The second-order valence-corrected chi connectivity index (χ2v) is 9.14. The van der Waals surface area contributed by atoms with E-state index in [1.165, 1.54) is 11.0 Å². The third-order valence-corrected chi connectivity index (χ3v) is 6.79. The predicted molar refractivity (Wildman–Crippen MR) is 110 cm³/mol. The van der Waals surface area contributed by atoms with Gasteiger partial charge >= 0.3 is 0 Å². The number of nitrogens with one attached hydrogen (secondary N) is 2. The van der Waals surface area contributed by atoms with Crippen LogP contribution in [0.3, 0.4) is 0 Å². The number of carbonyl (C=O) groups is 3. The molecule has 1 aromatic rings. The Kier molecular flexibility index (Phi) is 6.55. The third-order valence-electron chi connectivity index (χ3n) is 5.40. The Bertz CT molecular complexity index is 973. The summed E-state index contributed by atoms with van der Waals surface area (Å²) in [5, 5.41) is 2.80. The molecule has 1 saturated heterocycles. The monoisotopic (exact) mass is 434 g/mol. The average molecular weight is 435 g/mol. The number of rotatable bonds is 8. The Hall–Kier alpha value is -2.75. The Morgan fingerprint density at radius 1 is 1.23 bits per heavy atom. The SMILES string of the molecule is CC[C@H](C)[C@H](N=C1NS(=O)(=O)c2ccccc21)C(=O)NCCCN1C(=O)CCC1=O. The van der Waals surface area contributed by atoms with E-state index in [4.69, 9.17) is 0 Å². The lowest BCUT2D eigenvalue weighted by atomic mass is 9.98. The molecule has 30 heavy (non-hydrogen) atoms. The molecule has 2 heterocycles. The molecule has 1 fully saturated rings. The summed E-state index contributed by atoms with van der Waals surface area (Å²) in [5.41, 5.74) is 0.449. The highest BCUT2D eigenvalue weighted by atomic mass is 32.2. The van der Waals surface area contributed by atoms with Gasteiger partial charge in [-0.05, 0) is 24.5 Å². The maximum Gasteiger partial charge on any atom is 0.263 e. The van der Waals surface area contributed by atoms with Gasteiger partial charge in [0.15, 0.2) is 0 Å². The largest absolute Gasteiger partial charge is 0.354 e. The normalized spacial score (nSPS) is 20.7. The molecule has 2 N–H and O–H groups in total. The Morgan fingerprint density at radius 2 is 1.90 bits per heavy atom. The number of hydrogen-bond donors (Lipinski definition) is 2. The highest BCUT2D eigenvalue weighted by Gasteiger charge is 2.33. The number of benzene rings is 1. The van der Waals surface area contributed by atoms with E-state index in [-0.39, 0.29) is 60.3 Å². The molecule has 3 rings (SSSR count). The van der Waals surface area contributed by atoms with Crippen molar-refractivity contribution in [3.05, 3.63) is 29.8 Å². The van der Waals surface area contributed by atoms with Crippen LogP contribution in [-0.4, -0.2) is 56.0 Å². The summed E-state index contributed by atoms with van der Waals surface area (Å²) < 4.78 is 27.0. The summed E-state index contributed by atoms with van der Waals surface area (Å²) in [7, 11) is -3.68. The van der Waals surface area contributed by atoms with Crippen molar-refractivity contribution in [1.29, 1.82) is 0 Å². The van der Waals surface area contributed by atoms with Crippen molar-refractivity contribution in [1.82, 2.24) is 14.9 Å². The van der Waals surface area contributed by atoms with Crippen LogP contribution in [0.5, 0.6) is 0 Å². The molecule has 0 aliphatic carbocycles. The number of sulfonamides is 1. The van der Waals surface area contributed by atoms with Crippen molar-refractivity contribution >= 4 is 33.6 Å². The van der Waals surface area contributed by atoms with Gasteiger partial charge in [-0.25, -0.2) is 8.42 Å². The number of carbonyl (C=O) groups excluding carboxylic acids is 3. The quantitative estimate of drug-likeness (QED) is 0.462. The summed E-state index contributed by atoms with van der Waals surface area (Å²) in [6, 6.07) is 5.74. The average Bonchev–Trinajstić information content (AvgIpc) is 3.18. The summed E-state index contributed by atoms with van der Waals surface area (Å²) in [6.07, 6.45) is 1.62. The van der Waals surface area contributed by atoms with Crippen molar-refractivity contribution < 1.29 is 22.8 Å². The van der Waals surface area contributed by atoms with Gasteiger partial charge in [0.25, 0.3) is 10.0 Å². The summed E-state index contributed by atoms with van der Waals surface area (Å²) >= 11 is 0. The molecule has 162 valence electrons. The maximum atomic E-state index is 12.8. The molecule has 2 aliphatic heterocycles. The summed E-state index contributed by atoms with van der Waals surface area (Å²) in [4.78, 5) is 41.9. The van der Waals surface area contributed by atoms with E-state index in [1.807, 2.05) is 13.8 Å². The van der Waals surface area contributed by atoms with E-state index >= 15 is 0 Å². The van der Waals surface area contributed by atoms with Gasteiger partial charge in [-0.3, -0.25) is 29.0 Å². The van der Waals surface area contributed by atoms with Crippen molar-refractivity contribution in [2.45, 2.75) is 50.5 Å². The fraction of sp³-hybridized carbons (Fsp3) is 0.500. The molecule has 0 bridgehead atoms. The number of nitrogens with zero attached hydrogens (tertiary/aromatic N) is 2. The van der Waals surface area contributed by atoms with Crippen LogP contribution in [-0.2, 0) is 24.4 Å². The Morgan fingerprint density at radius 3 is 2.57 bits per heavy atom. The van der Waals surface area contributed by atoms with E-state index in [0.29, 0.717) is 18.4 Å². The van der Waals surface area contributed by atoms with Crippen LogP contribution in [0.4, 0.5) is 0 Å². The number of imide groups is 1. The lowest BCUT2D eigenvalue weighted by Crippen LogP contribution is -2.40. The van der Waals surface area contributed by atoms with Gasteiger partial charge < -0.3 is 5.32 Å². The maximum absolute atomic E-state index is 12.8. The van der Waals surface area contributed by atoms with Crippen LogP contribution in [0.25, 0.3) is 0 Å². The molecule has 2 aliphatic rings. The van der Waals surface area contributed by atoms with E-state index < -0.39 is 16.1 Å². The number of amides is 3. The standard InChI is InChI=1S/C20H26N4O5S/c1-3-13(2)18(20(27)21-11-6-12-24-16(25)9-10-17(24)26)22-19-14-7-4-5-8-15(14)30(28,29)23-19/h4-5,7-8,13,18H,3,6,9-12H2,1-2H3,(H,21,27)(H,22,23)/t13-,18-/m0/s1. The predicted octanol–water partition coefficient (Wildman–Crippen LogP) is 0.795. The number of fused-ring (bicyclic) bond motifs is 1. The number of amidine groups is 1. The first kappa shape index (κ1) is 21.9. The molecule has 10 heteroatoms. The number of aliphatic imine (C=N–C) groups is 1. The van der Waals surface area contributed by atoms with Crippen molar-refractivity contribution in [3.8, 4) is 0 Å². The summed E-state index contributed by atoms with van der Waals surface area (Å²) in [6.45, 7) is 4.37. The molecular weight excluding hydrogens is 408 g/mol. The Labute approximate surface area is 176 Å². The first-order valence-electron chi connectivity index (χ1n) is 10.1.